The summed E-state index contributed by atoms with van der Waals surface area (Å²) in [7, 11) is 1.19. The van der Waals surface area contributed by atoms with Crippen molar-refractivity contribution >= 4 is 50.9 Å². The van der Waals surface area contributed by atoms with Crippen LogP contribution in [-0.4, -0.2) is 46.9 Å². The van der Waals surface area contributed by atoms with Gasteiger partial charge in [-0.1, -0.05) is 0 Å². The molecule has 134 valence electrons. The van der Waals surface area contributed by atoms with Gasteiger partial charge in [-0.2, -0.15) is 0 Å². The van der Waals surface area contributed by atoms with E-state index in [0.717, 1.165) is 16.7 Å². The first-order valence-corrected chi connectivity index (χ1v) is 8.91. The normalized spacial score (nSPS) is 17.1. The van der Waals surface area contributed by atoms with E-state index in [1.165, 1.54) is 20.1 Å². The number of nitrogens with zero attached hydrogens (tertiary/aromatic N) is 1. The summed E-state index contributed by atoms with van der Waals surface area (Å²) in [5.41, 5.74) is 0.560. The number of amides is 2. The fraction of sp³-hybridized carbons (Fsp3) is 0.312. The minimum Gasteiger partial charge on any atom is -0.503 e. The molecule has 9 heteroatoms. The van der Waals surface area contributed by atoms with Crippen molar-refractivity contribution in [3.8, 4) is 11.5 Å². The van der Waals surface area contributed by atoms with Gasteiger partial charge in [-0.25, -0.2) is 4.79 Å². The third-order valence-corrected chi connectivity index (χ3v) is 4.89. The second-order valence-electron chi connectivity index (χ2n) is 5.03. The molecule has 0 aromatic heterocycles. The van der Waals surface area contributed by atoms with Gasteiger partial charge in [0, 0.05) is 0 Å². The number of methoxy groups -OCH3 is 1. The molecule has 1 saturated heterocycles. The zero-order valence-corrected chi connectivity index (χ0v) is 16.1. The number of phenolic OH excluding ortho intramolecular Hbond substituents is 1. The largest absolute Gasteiger partial charge is 0.503 e. The molecule has 2 amide bonds. The van der Waals surface area contributed by atoms with Gasteiger partial charge < -0.3 is 14.6 Å². The van der Waals surface area contributed by atoms with Gasteiger partial charge in [0.1, 0.15) is 6.04 Å². The van der Waals surface area contributed by atoms with Crippen molar-refractivity contribution in [2.75, 3.05) is 13.7 Å². The quantitative estimate of drug-likeness (QED) is 0.567. The lowest BCUT2D eigenvalue weighted by Gasteiger charge is -2.18. The van der Waals surface area contributed by atoms with Crippen LogP contribution in [0, 0.1) is 0 Å². The molecule has 1 aromatic carbocycles. The third kappa shape index (κ3) is 3.98. The monoisotopic (exact) mass is 429 g/mol. The summed E-state index contributed by atoms with van der Waals surface area (Å²) >= 11 is 3.95. The van der Waals surface area contributed by atoms with Crippen molar-refractivity contribution in [2.24, 2.45) is 0 Å². The number of carbonyl (C=O) groups excluding carboxylic acids is 3. The highest BCUT2D eigenvalue weighted by atomic mass is 79.9. The number of halogens is 1. The molecule has 1 aliphatic rings. The summed E-state index contributed by atoms with van der Waals surface area (Å²) in [6.07, 6.45) is 1.50. The second kappa shape index (κ2) is 7.92. The average Bonchev–Trinajstić information content (AvgIpc) is 2.84. The van der Waals surface area contributed by atoms with Crippen LogP contribution in [0.15, 0.2) is 21.5 Å². The molecule has 2 rings (SSSR count). The molecule has 1 aliphatic heterocycles. The average molecular weight is 430 g/mol. The topological polar surface area (TPSA) is 93.1 Å². The predicted octanol–water partition coefficient (Wildman–Crippen LogP) is 3.15. The van der Waals surface area contributed by atoms with Crippen molar-refractivity contribution < 1.29 is 29.0 Å². The summed E-state index contributed by atoms with van der Waals surface area (Å²) < 4.78 is 10.3. The SMILES string of the molecule is CCOc1cc(/C=C2/SC(=O)N(C(C)C(=O)OC)C2=O)cc(Br)c1O. The zero-order chi connectivity index (χ0) is 18.7. The van der Waals surface area contributed by atoms with Gasteiger partial charge in [-0.15, -0.1) is 0 Å². The number of hydrogen-bond donors (Lipinski definition) is 1. The molecule has 0 spiro atoms. The highest BCUT2D eigenvalue weighted by Crippen LogP contribution is 2.38. The molecule has 1 heterocycles. The van der Waals surface area contributed by atoms with E-state index in [1.807, 2.05) is 0 Å². The Labute approximate surface area is 157 Å². The first kappa shape index (κ1) is 19.3. The van der Waals surface area contributed by atoms with Gasteiger partial charge in [0.25, 0.3) is 11.1 Å². The zero-order valence-electron chi connectivity index (χ0n) is 13.7. The molecule has 7 nitrogen and oxygen atoms in total. The third-order valence-electron chi connectivity index (χ3n) is 3.40. The lowest BCUT2D eigenvalue weighted by molar-refractivity contribution is -0.148. The number of ether oxygens (including phenoxy) is 2. The first-order chi connectivity index (χ1) is 11.8. The molecule has 25 heavy (non-hydrogen) atoms. The molecule has 1 atom stereocenters. The lowest BCUT2D eigenvalue weighted by Crippen LogP contribution is -2.42. The highest BCUT2D eigenvalue weighted by Gasteiger charge is 2.41. The fourth-order valence-electron chi connectivity index (χ4n) is 2.18. The first-order valence-electron chi connectivity index (χ1n) is 7.30. The molecular formula is C16H16BrNO6S. The van der Waals surface area contributed by atoms with Crippen LogP contribution in [0.3, 0.4) is 0 Å². The molecule has 1 aromatic rings. The van der Waals surface area contributed by atoms with Gasteiger partial charge in [0.15, 0.2) is 11.5 Å². The Kier molecular flexibility index (Phi) is 6.12. The minimum atomic E-state index is -1.01. The summed E-state index contributed by atoms with van der Waals surface area (Å²) in [6, 6.07) is 2.14. The number of aromatic hydroxyl groups is 1. The molecule has 0 bridgehead atoms. The van der Waals surface area contributed by atoms with Crippen molar-refractivity contribution in [3.63, 3.8) is 0 Å². The molecular weight excluding hydrogens is 414 g/mol. The number of thioether (sulfide) groups is 1. The summed E-state index contributed by atoms with van der Waals surface area (Å²) in [6.45, 7) is 3.56. The van der Waals surface area contributed by atoms with Gasteiger partial charge in [-0.05, 0) is 65.3 Å². The van der Waals surface area contributed by atoms with Gasteiger partial charge in [0.05, 0.1) is 23.1 Å². The maximum Gasteiger partial charge on any atom is 0.328 e. The maximum absolute atomic E-state index is 12.5. The number of hydrogen-bond acceptors (Lipinski definition) is 7. The van der Waals surface area contributed by atoms with Crippen LogP contribution in [0.5, 0.6) is 11.5 Å². The van der Waals surface area contributed by atoms with E-state index in [2.05, 4.69) is 20.7 Å². The van der Waals surface area contributed by atoms with Crippen LogP contribution in [-0.2, 0) is 14.3 Å². The van der Waals surface area contributed by atoms with Crippen LogP contribution in [0.2, 0.25) is 0 Å². The molecule has 1 unspecified atom stereocenters. The molecule has 0 radical (unpaired) electrons. The van der Waals surface area contributed by atoms with Crippen LogP contribution >= 0.6 is 27.7 Å². The van der Waals surface area contributed by atoms with E-state index in [1.54, 1.807) is 19.1 Å². The van der Waals surface area contributed by atoms with E-state index in [4.69, 9.17) is 4.74 Å². The summed E-state index contributed by atoms with van der Waals surface area (Å²) in [5.74, 6) is -1.04. The number of rotatable bonds is 5. The maximum atomic E-state index is 12.5. The summed E-state index contributed by atoms with van der Waals surface area (Å²) in [5, 5.41) is 9.39. The van der Waals surface area contributed by atoms with E-state index < -0.39 is 23.2 Å². The molecule has 1 N–H and O–H groups in total. The van der Waals surface area contributed by atoms with Gasteiger partial charge >= 0.3 is 5.97 Å². The molecule has 0 saturated carbocycles. The van der Waals surface area contributed by atoms with Crippen molar-refractivity contribution in [1.82, 2.24) is 4.90 Å². The van der Waals surface area contributed by atoms with E-state index in [0.29, 0.717) is 16.6 Å². The fourth-order valence-corrected chi connectivity index (χ4v) is 3.55. The predicted molar refractivity (Wildman–Crippen MR) is 96.3 cm³/mol. The van der Waals surface area contributed by atoms with Gasteiger partial charge in [-0.3, -0.25) is 14.5 Å². The van der Waals surface area contributed by atoms with E-state index in [-0.39, 0.29) is 16.4 Å². The van der Waals surface area contributed by atoms with Crippen molar-refractivity contribution in [2.45, 2.75) is 19.9 Å². The Morgan fingerprint density at radius 3 is 2.72 bits per heavy atom. The number of esters is 1. The van der Waals surface area contributed by atoms with Crippen LogP contribution in [0.4, 0.5) is 4.79 Å². The van der Waals surface area contributed by atoms with Crippen LogP contribution in [0.25, 0.3) is 6.08 Å². The highest BCUT2D eigenvalue weighted by molar-refractivity contribution is 9.10. The Morgan fingerprint density at radius 2 is 2.12 bits per heavy atom. The molecule has 0 aliphatic carbocycles. The summed E-state index contributed by atoms with van der Waals surface area (Å²) in [4.78, 5) is 37.2. The smallest absolute Gasteiger partial charge is 0.328 e. The van der Waals surface area contributed by atoms with Crippen LogP contribution in [0.1, 0.15) is 19.4 Å². The number of phenols is 1. The second-order valence-corrected chi connectivity index (χ2v) is 6.88. The number of imide groups is 1. The standard InChI is InChI=1S/C16H16BrNO6S/c1-4-24-11-6-9(5-10(17)13(11)19)7-12-14(20)18(16(22)25-12)8(2)15(21)23-3/h5-8,19H,4H2,1-3H3/b12-7+. The Hall–Kier alpha value is -2.00. The lowest BCUT2D eigenvalue weighted by atomic mass is 10.1. The van der Waals surface area contributed by atoms with Crippen LogP contribution < -0.4 is 4.74 Å². The van der Waals surface area contributed by atoms with Crippen molar-refractivity contribution in [1.29, 1.82) is 0 Å². The molecule has 1 fully saturated rings. The van der Waals surface area contributed by atoms with E-state index >= 15 is 0 Å². The minimum absolute atomic E-state index is 0.0496. The Morgan fingerprint density at radius 1 is 1.44 bits per heavy atom. The Balaban J connectivity index is 2.35. The number of benzene rings is 1. The van der Waals surface area contributed by atoms with E-state index in [9.17, 15) is 19.5 Å². The van der Waals surface area contributed by atoms with Crippen molar-refractivity contribution in [3.05, 3.63) is 27.1 Å². The van der Waals surface area contributed by atoms with Gasteiger partial charge in [0.2, 0.25) is 0 Å². The Bertz CT molecular complexity index is 763. The number of carbonyl (C=O) groups is 3.